The highest BCUT2D eigenvalue weighted by atomic mass is 16.2. The smallest absolute Gasteiger partial charge is 0.255 e. The fourth-order valence-electron chi connectivity index (χ4n) is 2.67. The number of hydrogen-bond acceptors (Lipinski definition) is 3. The van der Waals surface area contributed by atoms with Gasteiger partial charge in [0.25, 0.3) is 5.91 Å². The molecule has 0 spiro atoms. The third-order valence-electron chi connectivity index (χ3n) is 3.96. The molecule has 1 aromatic rings. The lowest BCUT2D eigenvalue weighted by atomic mass is 9.96. The number of amides is 2. The molecule has 0 bridgehead atoms. The molecular weight excluding hydrogens is 282 g/mol. The van der Waals surface area contributed by atoms with E-state index in [1.807, 2.05) is 6.92 Å². The number of hydrogen-bond donors (Lipinski definition) is 1. The molecule has 1 aliphatic rings. The quantitative estimate of drug-likeness (QED) is 0.893. The van der Waals surface area contributed by atoms with Gasteiger partial charge >= 0.3 is 0 Å². The van der Waals surface area contributed by atoms with Gasteiger partial charge in [-0.3, -0.25) is 14.4 Å². The number of aryl methyl sites for hydroxylation is 1. The maximum atomic E-state index is 12.5. The van der Waals surface area contributed by atoms with Crippen LogP contribution in [0.2, 0.25) is 0 Å². The second-order valence-corrected chi connectivity index (χ2v) is 5.75. The number of likely N-dealkylation sites (tertiary alicyclic amines) is 1. The number of pyridine rings is 1. The lowest BCUT2D eigenvalue weighted by molar-refractivity contribution is -0.126. The Labute approximate surface area is 130 Å². The molecule has 120 valence electrons. The Balaban J connectivity index is 2.05. The largest absolute Gasteiger partial charge is 0.356 e. The summed E-state index contributed by atoms with van der Waals surface area (Å²) in [6.07, 6.45) is 4.08. The molecule has 22 heavy (non-hydrogen) atoms. The highest BCUT2D eigenvalue weighted by Gasteiger charge is 2.28. The number of carbonyl (C=O) groups excluding carboxylic acids is 2. The predicted octanol–water partition coefficient (Wildman–Crippen LogP) is 0.764. The second-order valence-electron chi connectivity index (χ2n) is 5.75. The van der Waals surface area contributed by atoms with E-state index in [0.29, 0.717) is 25.2 Å². The number of rotatable bonds is 4. The Morgan fingerprint density at radius 3 is 2.82 bits per heavy atom. The molecule has 1 unspecified atom stereocenters. The van der Waals surface area contributed by atoms with Crippen molar-refractivity contribution < 1.29 is 9.59 Å². The van der Waals surface area contributed by atoms with Crippen LogP contribution < -0.4 is 10.9 Å². The molecule has 1 atom stereocenters. The lowest BCUT2D eigenvalue weighted by Crippen LogP contribution is -2.45. The van der Waals surface area contributed by atoms with E-state index in [-0.39, 0.29) is 23.3 Å². The van der Waals surface area contributed by atoms with E-state index in [1.54, 1.807) is 24.2 Å². The van der Waals surface area contributed by atoms with Gasteiger partial charge in [0.05, 0.1) is 11.5 Å². The van der Waals surface area contributed by atoms with Crippen LogP contribution in [-0.2, 0) is 11.8 Å². The predicted molar refractivity (Wildman–Crippen MR) is 83.6 cm³/mol. The molecule has 6 heteroatoms. The molecule has 0 aliphatic carbocycles. The molecule has 1 aliphatic heterocycles. The molecule has 0 radical (unpaired) electrons. The van der Waals surface area contributed by atoms with Gasteiger partial charge in [-0.2, -0.15) is 0 Å². The number of carbonyl (C=O) groups is 2. The fourth-order valence-corrected chi connectivity index (χ4v) is 2.67. The molecule has 1 saturated heterocycles. The topological polar surface area (TPSA) is 71.4 Å². The summed E-state index contributed by atoms with van der Waals surface area (Å²) in [5.41, 5.74) is 0.337. The molecule has 0 saturated carbocycles. The Hall–Kier alpha value is -2.11. The van der Waals surface area contributed by atoms with Crippen LogP contribution in [0.25, 0.3) is 0 Å². The minimum atomic E-state index is -0.146. The van der Waals surface area contributed by atoms with Crippen molar-refractivity contribution in [3.05, 3.63) is 34.2 Å². The summed E-state index contributed by atoms with van der Waals surface area (Å²) in [5.74, 6) is -0.236. The van der Waals surface area contributed by atoms with Crippen LogP contribution in [-0.4, -0.2) is 40.9 Å². The molecule has 2 heterocycles. The standard InChI is InChI=1S/C16H23N3O3/c1-3-8-17-15(21)12-5-4-9-19(11-12)16(22)13-6-7-14(20)18(2)10-13/h6-7,10,12H,3-5,8-9,11H2,1-2H3,(H,17,21). The first-order valence-corrected chi connectivity index (χ1v) is 7.76. The van der Waals surface area contributed by atoms with E-state index < -0.39 is 0 Å². The second kappa shape index (κ2) is 7.24. The summed E-state index contributed by atoms with van der Waals surface area (Å²) in [6.45, 7) is 3.77. The SMILES string of the molecule is CCCNC(=O)C1CCCN(C(=O)c2ccc(=O)n(C)c2)C1. The van der Waals surface area contributed by atoms with Gasteiger partial charge < -0.3 is 14.8 Å². The van der Waals surface area contributed by atoms with Gasteiger partial charge in [0.1, 0.15) is 0 Å². The summed E-state index contributed by atoms with van der Waals surface area (Å²) < 4.78 is 1.39. The van der Waals surface area contributed by atoms with Crippen LogP contribution in [0.3, 0.4) is 0 Å². The van der Waals surface area contributed by atoms with Gasteiger partial charge in [0.2, 0.25) is 11.5 Å². The zero-order chi connectivity index (χ0) is 16.1. The van der Waals surface area contributed by atoms with Gasteiger partial charge in [-0.15, -0.1) is 0 Å². The maximum Gasteiger partial charge on any atom is 0.255 e. The Bertz CT molecular complexity index is 609. The van der Waals surface area contributed by atoms with E-state index in [9.17, 15) is 14.4 Å². The van der Waals surface area contributed by atoms with Crippen molar-refractivity contribution in [2.45, 2.75) is 26.2 Å². The van der Waals surface area contributed by atoms with E-state index in [0.717, 1.165) is 19.3 Å². The molecule has 6 nitrogen and oxygen atoms in total. The summed E-state index contributed by atoms with van der Waals surface area (Å²) in [5, 5.41) is 2.90. The first-order chi connectivity index (χ1) is 10.5. The van der Waals surface area contributed by atoms with E-state index in [2.05, 4.69) is 5.32 Å². The van der Waals surface area contributed by atoms with Crippen molar-refractivity contribution in [1.29, 1.82) is 0 Å². The summed E-state index contributed by atoms with van der Waals surface area (Å²) >= 11 is 0. The van der Waals surface area contributed by atoms with Crippen molar-refractivity contribution in [3.63, 3.8) is 0 Å². The normalized spacial score (nSPS) is 18.1. The Morgan fingerprint density at radius 1 is 1.36 bits per heavy atom. The average Bonchev–Trinajstić information content (AvgIpc) is 2.54. The number of nitrogens with zero attached hydrogens (tertiary/aromatic N) is 2. The highest BCUT2D eigenvalue weighted by Crippen LogP contribution is 2.18. The lowest BCUT2D eigenvalue weighted by Gasteiger charge is -2.32. The molecular formula is C16H23N3O3. The van der Waals surface area contributed by atoms with E-state index >= 15 is 0 Å². The number of piperidine rings is 1. The van der Waals surface area contributed by atoms with Crippen LogP contribution in [0.15, 0.2) is 23.1 Å². The molecule has 1 aromatic heterocycles. The van der Waals surface area contributed by atoms with Crippen molar-refractivity contribution in [2.75, 3.05) is 19.6 Å². The molecule has 2 rings (SSSR count). The van der Waals surface area contributed by atoms with Crippen molar-refractivity contribution in [1.82, 2.24) is 14.8 Å². The highest BCUT2D eigenvalue weighted by molar-refractivity contribution is 5.94. The van der Waals surface area contributed by atoms with Gasteiger partial charge in [-0.25, -0.2) is 0 Å². The Kier molecular flexibility index (Phi) is 5.35. The third-order valence-corrected chi connectivity index (χ3v) is 3.96. The van der Waals surface area contributed by atoms with Crippen LogP contribution >= 0.6 is 0 Å². The van der Waals surface area contributed by atoms with E-state index in [1.165, 1.54) is 10.6 Å². The van der Waals surface area contributed by atoms with E-state index in [4.69, 9.17) is 0 Å². The zero-order valence-corrected chi connectivity index (χ0v) is 13.2. The summed E-state index contributed by atoms with van der Waals surface area (Å²) in [4.78, 5) is 37.7. The minimum Gasteiger partial charge on any atom is -0.356 e. The van der Waals surface area contributed by atoms with Gasteiger partial charge in [-0.1, -0.05) is 6.92 Å². The van der Waals surface area contributed by atoms with Crippen molar-refractivity contribution in [2.24, 2.45) is 13.0 Å². The van der Waals surface area contributed by atoms with Crippen LogP contribution in [0.5, 0.6) is 0 Å². The van der Waals surface area contributed by atoms with Crippen LogP contribution in [0.4, 0.5) is 0 Å². The number of aromatic nitrogens is 1. The molecule has 0 aromatic carbocycles. The average molecular weight is 305 g/mol. The summed E-state index contributed by atoms with van der Waals surface area (Å²) in [6, 6.07) is 2.94. The fraction of sp³-hybridized carbons (Fsp3) is 0.562. The molecule has 2 amide bonds. The summed E-state index contributed by atoms with van der Waals surface area (Å²) in [7, 11) is 1.62. The monoisotopic (exact) mass is 305 g/mol. The molecule has 1 fully saturated rings. The maximum absolute atomic E-state index is 12.5. The van der Waals surface area contributed by atoms with Crippen LogP contribution in [0.1, 0.15) is 36.5 Å². The molecule has 1 N–H and O–H groups in total. The third kappa shape index (κ3) is 3.75. The zero-order valence-electron chi connectivity index (χ0n) is 13.2. The minimum absolute atomic E-state index is 0.0276. The van der Waals surface area contributed by atoms with Crippen LogP contribution in [0, 0.1) is 5.92 Å². The Morgan fingerprint density at radius 2 is 2.14 bits per heavy atom. The van der Waals surface area contributed by atoms with Gasteiger partial charge in [0, 0.05) is 38.9 Å². The van der Waals surface area contributed by atoms with Crippen molar-refractivity contribution >= 4 is 11.8 Å². The van der Waals surface area contributed by atoms with Crippen molar-refractivity contribution in [3.8, 4) is 0 Å². The first-order valence-electron chi connectivity index (χ1n) is 7.76. The number of nitrogens with one attached hydrogen (secondary N) is 1. The first kappa shape index (κ1) is 16.3. The van der Waals surface area contributed by atoms with Gasteiger partial charge in [0.15, 0.2) is 0 Å². The van der Waals surface area contributed by atoms with Gasteiger partial charge in [-0.05, 0) is 25.3 Å².